The highest BCUT2D eigenvalue weighted by Crippen LogP contribution is 2.41. The van der Waals surface area contributed by atoms with Crippen LogP contribution in [0, 0.1) is 41.4 Å². The van der Waals surface area contributed by atoms with E-state index in [9.17, 15) is 0 Å². The van der Waals surface area contributed by atoms with Crippen LogP contribution in [0.25, 0.3) is 0 Å². The Kier molecular flexibility index (Phi) is 9.51. The zero-order chi connectivity index (χ0) is 19.9. The van der Waals surface area contributed by atoms with E-state index in [0.29, 0.717) is 29.6 Å². The van der Waals surface area contributed by atoms with Crippen molar-refractivity contribution in [1.82, 2.24) is 0 Å². The van der Waals surface area contributed by atoms with Crippen LogP contribution in [0.15, 0.2) is 41.8 Å². The van der Waals surface area contributed by atoms with Gasteiger partial charge in [-0.25, -0.2) is 0 Å². The van der Waals surface area contributed by atoms with Crippen molar-refractivity contribution in [3.8, 4) is 0 Å². The lowest BCUT2D eigenvalue weighted by atomic mass is 9.68. The molecule has 1 nitrogen and oxygen atoms in total. The number of hydrogen-bond donors (Lipinski definition) is 1. The minimum atomic E-state index is 0.472. The minimum Gasteiger partial charge on any atom is -0.402 e. The molecule has 7 unspecified atom stereocenters. The molecule has 2 rings (SSSR count). The van der Waals surface area contributed by atoms with Crippen molar-refractivity contribution >= 4 is 0 Å². The van der Waals surface area contributed by atoms with Gasteiger partial charge in [-0.3, -0.25) is 0 Å². The van der Waals surface area contributed by atoms with Gasteiger partial charge in [-0.2, -0.15) is 0 Å². The third-order valence-electron chi connectivity index (χ3n) is 6.68. The number of fused-ring (bicyclic) bond motifs is 1. The quantitative estimate of drug-likeness (QED) is 0.362. The Balaban J connectivity index is 0.00000163. The zero-order valence-electron chi connectivity index (χ0n) is 18.4. The van der Waals surface area contributed by atoms with Gasteiger partial charge in [0.1, 0.15) is 0 Å². The van der Waals surface area contributed by atoms with E-state index in [2.05, 4.69) is 65.2 Å². The van der Waals surface area contributed by atoms with E-state index in [1.165, 1.54) is 18.4 Å². The number of rotatable bonds is 0. The highest BCUT2D eigenvalue weighted by atomic mass is 14.6. The lowest BCUT2D eigenvalue weighted by Gasteiger charge is -2.36. The van der Waals surface area contributed by atoms with Crippen molar-refractivity contribution in [2.75, 3.05) is 0 Å². The van der Waals surface area contributed by atoms with Gasteiger partial charge >= 0.3 is 0 Å². The molecule has 0 aromatic carbocycles. The number of allylic oxidation sites excluding steroid dienone is 5. The normalized spacial score (nSPS) is 39.7. The molecule has 0 aromatic heterocycles. The lowest BCUT2D eigenvalue weighted by molar-refractivity contribution is 0.269. The lowest BCUT2D eigenvalue weighted by Crippen LogP contribution is -2.29. The van der Waals surface area contributed by atoms with Crippen LogP contribution >= 0.6 is 0 Å². The highest BCUT2D eigenvalue weighted by Gasteiger charge is 2.32. The summed E-state index contributed by atoms with van der Waals surface area (Å²) in [6.45, 7) is 19.9. The Morgan fingerprint density at radius 1 is 0.962 bits per heavy atom. The summed E-state index contributed by atoms with van der Waals surface area (Å²) in [4.78, 5) is 0. The average Bonchev–Trinajstić information content (AvgIpc) is 2.62. The minimum absolute atomic E-state index is 0.472. The summed E-state index contributed by atoms with van der Waals surface area (Å²) in [7, 11) is 0. The highest BCUT2D eigenvalue weighted by molar-refractivity contribution is 5.21. The molecule has 0 amide bonds. The first-order valence-corrected chi connectivity index (χ1v) is 10.9. The molecule has 0 bridgehead atoms. The molecular formula is C25H43N. The van der Waals surface area contributed by atoms with Crippen LogP contribution in [-0.4, -0.2) is 0 Å². The molecule has 26 heavy (non-hydrogen) atoms. The molecular weight excluding hydrogens is 314 g/mol. The van der Waals surface area contributed by atoms with Crippen LogP contribution in [0.1, 0.15) is 74.1 Å². The first-order chi connectivity index (χ1) is 12.3. The van der Waals surface area contributed by atoms with Crippen molar-refractivity contribution in [3.05, 3.63) is 41.8 Å². The van der Waals surface area contributed by atoms with Crippen molar-refractivity contribution < 1.29 is 0 Å². The summed E-state index contributed by atoms with van der Waals surface area (Å²) in [5, 5.41) is 0. The molecule has 0 saturated carbocycles. The molecule has 0 fully saturated rings. The number of hydrogen-bond acceptors (Lipinski definition) is 1. The van der Waals surface area contributed by atoms with Crippen LogP contribution in [0.4, 0.5) is 0 Å². The fourth-order valence-electron chi connectivity index (χ4n) is 4.69. The number of nitrogens with two attached hydrogens (primary N) is 1. The third kappa shape index (κ3) is 5.92. The van der Waals surface area contributed by atoms with Crippen LogP contribution in [0.5, 0.6) is 0 Å². The molecule has 2 aliphatic carbocycles. The molecule has 148 valence electrons. The largest absolute Gasteiger partial charge is 0.402 e. The van der Waals surface area contributed by atoms with Gasteiger partial charge in [-0.15, -0.1) is 5.73 Å². The van der Waals surface area contributed by atoms with Crippen molar-refractivity contribution in [3.63, 3.8) is 0 Å². The van der Waals surface area contributed by atoms with Crippen molar-refractivity contribution in [1.29, 1.82) is 0 Å². The summed E-state index contributed by atoms with van der Waals surface area (Å²) in [5.41, 5.74) is 12.0. The second-order valence-electron chi connectivity index (χ2n) is 8.66. The van der Waals surface area contributed by atoms with Gasteiger partial charge in [-0.1, -0.05) is 86.1 Å². The van der Waals surface area contributed by atoms with Gasteiger partial charge in [0, 0.05) is 11.6 Å². The van der Waals surface area contributed by atoms with E-state index in [1.807, 2.05) is 13.8 Å². The van der Waals surface area contributed by atoms with Gasteiger partial charge < -0.3 is 5.73 Å². The van der Waals surface area contributed by atoms with Gasteiger partial charge in [0.25, 0.3) is 0 Å². The van der Waals surface area contributed by atoms with E-state index in [4.69, 9.17) is 5.73 Å². The molecule has 1 heteroatoms. The fraction of sp³-hybridized carbons (Fsp3) is 0.720. The fourth-order valence-corrected chi connectivity index (χ4v) is 4.69. The van der Waals surface area contributed by atoms with Gasteiger partial charge in [-0.05, 0) is 53.9 Å². The maximum absolute atomic E-state index is 6.23. The van der Waals surface area contributed by atoms with Crippen LogP contribution < -0.4 is 5.73 Å². The Labute approximate surface area is 163 Å². The molecule has 0 radical (unpaired) electrons. The second-order valence-corrected chi connectivity index (χ2v) is 8.66. The van der Waals surface area contributed by atoms with Gasteiger partial charge in [0.2, 0.25) is 0 Å². The van der Waals surface area contributed by atoms with Crippen molar-refractivity contribution in [2.45, 2.75) is 74.1 Å². The molecule has 0 heterocycles. The average molecular weight is 358 g/mol. The smallest absolute Gasteiger partial charge is 0.00490 e. The second kappa shape index (κ2) is 10.8. The first kappa shape index (κ1) is 22.8. The Morgan fingerprint density at radius 2 is 1.62 bits per heavy atom. The SMILES string of the molecule is C=C=C1CC(C)CCC(C)C(C)C(C)/C=C/C2CC(N)=CC(C)C12.CC. The third-order valence-corrected chi connectivity index (χ3v) is 6.68. The molecule has 0 aromatic rings. The maximum atomic E-state index is 6.23. The summed E-state index contributed by atoms with van der Waals surface area (Å²) in [6, 6.07) is 0. The maximum Gasteiger partial charge on any atom is 0.00490 e. The van der Waals surface area contributed by atoms with Crippen LogP contribution in [0.2, 0.25) is 0 Å². The molecule has 7 atom stereocenters. The van der Waals surface area contributed by atoms with E-state index in [0.717, 1.165) is 30.4 Å². The van der Waals surface area contributed by atoms with Crippen LogP contribution in [-0.2, 0) is 0 Å². The monoisotopic (exact) mass is 357 g/mol. The van der Waals surface area contributed by atoms with E-state index < -0.39 is 0 Å². The van der Waals surface area contributed by atoms with Crippen molar-refractivity contribution in [2.24, 2.45) is 47.2 Å². The molecule has 2 aliphatic rings. The van der Waals surface area contributed by atoms with Gasteiger partial charge in [0.15, 0.2) is 0 Å². The zero-order valence-corrected chi connectivity index (χ0v) is 18.4. The standard InChI is InChI=1S/C23H37N.C2H6/c1-7-20-12-15(2)8-9-16(3)19(6)17(4)10-11-21-14-22(24)13-18(5)23(20)21;1-2/h10-11,13,15-19,21,23H,1,8-9,12,14,24H2,2-6H3;1-2H3/b11-10+;. The Hall–Kier alpha value is -1.20. The molecule has 0 saturated heterocycles. The topological polar surface area (TPSA) is 26.0 Å². The van der Waals surface area contributed by atoms with E-state index in [1.54, 1.807) is 0 Å². The molecule has 0 spiro atoms. The summed E-state index contributed by atoms with van der Waals surface area (Å²) >= 11 is 0. The van der Waals surface area contributed by atoms with E-state index >= 15 is 0 Å². The molecule has 2 N–H and O–H groups in total. The Bertz CT molecular complexity index is 534. The predicted octanol–water partition coefficient (Wildman–Crippen LogP) is 7.12. The summed E-state index contributed by atoms with van der Waals surface area (Å²) < 4.78 is 0. The van der Waals surface area contributed by atoms with Gasteiger partial charge in [0.05, 0.1) is 0 Å². The summed E-state index contributed by atoms with van der Waals surface area (Å²) in [6.07, 6.45) is 11.9. The first-order valence-electron chi connectivity index (χ1n) is 10.9. The van der Waals surface area contributed by atoms with Crippen LogP contribution in [0.3, 0.4) is 0 Å². The molecule has 0 aliphatic heterocycles. The Morgan fingerprint density at radius 3 is 2.23 bits per heavy atom. The van der Waals surface area contributed by atoms with E-state index in [-0.39, 0.29) is 0 Å². The predicted molar refractivity (Wildman–Crippen MR) is 117 cm³/mol. The summed E-state index contributed by atoms with van der Waals surface area (Å²) in [5.74, 6) is 4.30.